The van der Waals surface area contributed by atoms with Gasteiger partial charge in [0.25, 0.3) is 5.91 Å². The SMILES string of the molecule is C[C@@H](C(=O)NC(C)(C)C)N(Cc1ccccc1F)C(=O)COc1cccc(Cl)c1. The van der Waals surface area contributed by atoms with Crippen molar-refractivity contribution in [3.8, 4) is 5.75 Å². The fraction of sp³-hybridized carbons (Fsp3) is 0.364. The van der Waals surface area contributed by atoms with Crippen LogP contribution in [0.5, 0.6) is 5.75 Å². The van der Waals surface area contributed by atoms with E-state index in [-0.39, 0.29) is 19.1 Å². The molecule has 0 aliphatic carbocycles. The number of carbonyl (C=O) groups is 2. The minimum Gasteiger partial charge on any atom is -0.484 e. The van der Waals surface area contributed by atoms with E-state index in [0.717, 1.165) is 0 Å². The normalized spacial score (nSPS) is 12.2. The fourth-order valence-electron chi connectivity index (χ4n) is 2.65. The van der Waals surface area contributed by atoms with Gasteiger partial charge in [-0.15, -0.1) is 0 Å². The molecule has 0 saturated heterocycles. The predicted molar refractivity (Wildman–Crippen MR) is 111 cm³/mol. The number of hydrogen-bond acceptors (Lipinski definition) is 3. The van der Waals surface area contributed by atoms with E-state index in [9.17, 15) is 14.0 Å². The molecule has 0 saturated carbocycles. The van der Waals surface area contributed by atoms with E-state index in [1.54, 1.807) is 49.4 Å². The van der Waals surface area contributed by atoms with E-state index >= 15 is 0 Å². The van der Waals surface area contributed by atoms with E-state index in [1.807, 2.05) is 20.8 Å². The van der Waals surface area contributed by atoms with Crippen LogP contribution >= 0.6 is 11.6 Å². The topological polar surface area (TPSA) is 58.6 Å². The third-order valence-electron chi connectivity index (χ3n) is 4.12. The van der Waals surface area contributed by atoms with E-state index in [2.05, 4.69) is 5.32 Å². The lowest BCUT2D eigenvalue weighted by Gasteiger charge is -2.31. The first-order valence-electron chi connectivity index (χ1n) is 9.30. The summed E-state index contributed by atoms with van der Waals surface area (Å²) in [6.45, 7) is 6.80. The Balaban J connectivity index is 2.19. The van der Waals surface area contributed by atoms with Gasteiger partial charge in [0, 0.05) is 22.7 Å². The number of carbonyl (C=O) groups excluding carboxylic acids is 2. The van der Waals surface area contributed by atoms with Crippen molar-refractivity contribution in [2.45, 2.75) is 45.8 Å². The lowest BCUT2D eigenvalue weighted by Crippen LogP contribution is -2.53. The number of nitrogens with one attached hydrogen (secondary N) is 1. The molecule has 156 valence electrons. The van der Waals surface area contributed by atoms with Crippen LogP contribution in [0, 0.1) is 5.82 Å². The average Bonchev–Trinajstić information content (AvgIpc) is 2.63. The highest BCUT2D eigenvalue weighted by atomic mass is 35.5. The maximum absolute atomic E-state index is 14.2. The Morgan fingerprint density at radius 1 is 1.17 bits per heavy atom. The summed E-state index contributed by atoms with van der Waals surface area (Å²) < 4.78 is 19.7. The Morgan fingerprint density at radius 3 is 2.48 bits per heavy atom. The molecule has 0 aliphatic rings. The van der Waals surface area contributed by atoms with Crippen molar-refractivity contribution < 1.29 is 18.7 Å². The maximum atomic E-state index is 14.2. The minimum absolute atomic E-state index is 0.0524. The fourth-order valence-corrected chi connectivity index (χ4v) is 2.83. The third kappa shape index (κ3) is 7.06. The van der Waals surface area contributed by atoms with Gasteiger partial charge in [-0.1, -0.05) is 35.9 Å². The predicted octanol–water partition coefficient (Wildman–Crippen LogP) is 4.19. The molecule has 0 aliphatic heterocycles. The second kappa shape index (κ2) is 9.74. The van der Waals surface area contributed by atoms with E-state index in [1.165, 1.54) is 11.0 Å². The lowest BCUT2D eigenvalue weighted by molar-refractivity contribution is -0.142. The molecular formula is C22H26ClFN2O3. The number of nitrogens with zero attached hydrogens (tertiary/aromatic N) is 1. The Bertz CT molecular complexity index is 867. The van der Waals surface area contributed by atoms with Gasteiger partial charge >= 0.3 is 0 Å². The smallest absolute Gasteiger partial charge is 0.261 e. The van der Waals surface area contributed by atoms with Gasteiger partial charge in [-0.2, -0.15) is 0 Å². The molecule has 0 aromatic heterocycles. The first-order chi connectivity index (χ1) is 13.6. The van der Waals surface area contributed by atoms with Gasteiger partial charge in [-0.3, -0.25) is 9.59 Å². The van der Waals surface area contributed by atoms with Crippen molar-refractivity contribution in [3.63, 3.8) is 0 Å². The highest BCUT2D eigenvalue weighted by Gasteiger charge is 2.29. The van der Waals surface area contributed by atoms with E-state index in [4.69, 9.17) is 16.3 Å². The monoisotopic (exact) mass is 420 g/mol. The van der Waals surface area contributed by atoms with Crippen molar-refractivity contribution in [2.75, 3.05) is 6.61 Å². The number of hydrogen-bond donors (Lipinski definition) is 1. The average molecular weight is 421 g/mol. The first-order valence-corrected chi connectivity index (χ1v) is 9.68. The maximum Gasteiger partial charge on any atom is 0.261 e. The van der Waals surface area contributed by atoms with Crippen LogP contribution in [0.2, 0.25) is 5.02 Å². The molecule has 7 heteroatoms. The molecule has 1 atom stereocenters. The van der Waals surface area contributed by atoms with Crippen LogP contribution in [-0.2, 0) is 16.1 Å². The van der Waals surface area contributed by atoms with Crippen molar-refractivity contribution >= 4 is 23.4 Å². The van der Waals surface area contributed by atoms with E-state index < -0.39 is 23.3 Å². The Morgan fingerprint density at radius 2 is 1.86 bits per heavy atom. The molecule has 0 heterocycles. The van der Waals surface area contributed by atoms with E-state index in [0.29, 0.717) is 16.3 Å². The van der Waals surface area contributed by atoms with Crippen molar-refractivity contribution in [1.29, 1.82) is 0 Å². The molecule has 5 nitrogen and oxygen atoms in total. The Hall–Kier alpha value is -2.60. The van der Waals surface area contributed by atoms with Gasteiger partial charge in [0.05, 0.1) is 0 Å². The summed E-state index contributed by atoms with van der Waals surface area (Å²) in [6, 6.07) is 12.0. The molecule has 2 amide bonds. The number of rotatable bonds is 7. The lowest BCUT2D eigenvalue weighted by atomic mass is 10.1. The number of benzene rings is 2. The van der Waals surface area contributed by atoms with Crippen molar-refractivity contribution in [1.82, 2.24) is 10.2 Å². The zero-order chi connectivity index (χ0) is 21.6. The van der Waals surface area contributed by atoms with Gasteiger partial charge < -0.3 is 15.0 Å². The van der Waals surface area contributed by atoms with Gasteiger partial charge in [-0.05, 0) is 52.0 Å². The molecule has 29 heavy (non-hydrogen) atoms. The summed E-state index contributed by atoms with van der Waals surface area (Å²) in [4.78, 5) is 26.8. The van der Waals surface area contributed by atoms with Crippen LogP contribution in [0.1, 0.15) is 33.3 Å². The largest absolute Gasteiger partial charge is 0.484 e. The third-order valence-corrected chi connectivity index (χ3v) is 4.36. The zero-order valence-corrected chi connectivity index (χ0v) is 17.8. The first kappa shape index (κ1) is 22.7. The summed E-state index contributed by atoms with van der Waals surface area (Å²) in [6.07, 6.45) is 0. The molecule has 0 spiro atoms. The molecule has 0 fully saturated rings. The van der Waals surface area contributed by atoms with Crippen LogP contribution < -0.4 is 10.1 Å². The summed E-state index contributed by atoms with van der Waals surface area (Å²) in [5, 5.41) is 3.33. The van der Waals surface area contributed by atoms with Crippen LogP contribution in [0.3, 0.4) is 0 Å². The Labute approximate surface area is 175 Å². The summed E-state index contributed by atoms with van der Waals surface area (Å²) in [7, 11) is 0. The molecule has 2 aromatic rings. The van der Waals surface area contributed by atoms with Crippen LogP contribution in [0.15, 0.2) is 48.5 Å². The number of ether oxygens (including phenoxy) is 1. The van der Waals surface area contributed by atoms with Crippen LogP contribution in [-0.4, -0.2) is 34.9 Å². The molecule has 0 unspecified atom stereocenters. The Kier molecular flexibility index (Phi) is 7.62. The highest BCUT2D eigenvalue weighted by molar-refractivity contribution is 6.30. The molecule has 0 bridgehead atoms. The standard InChI is InChI=1S/C22H26ClFN2O3/c1-15(21(28)25-22(2,3)4)26(13-16-8-5-6-11-19(16)24)20(27)14-29-18-10-7-9-17(23)12-18/h5-12,15H,13-14H2,1-4H3,(H,25,28)/t15-/m0/s1. The molecule has 2 aromatic carbocycles. The summed E-state index contributed by atoms with van der Waals surface area (Å²) in [5.41, 5.74) is -0.144. The van der Waals surface area contributed by atoms with Crippen LogP contribution in [0.25, 0.3) is 0 Å². The van der Waals surface area contributed by atoms with Gasteiger partial charge in [-0.25, -0.2) is 4.39 Å². The number of halogens is 2. The van der Waals surface area contributed by atoms with Gasteiger partial charge in [0.15, 0.2) is 6.61 Å². The quantitative estimate of drug-likeness (QED) is 0.730. The van der Waals surface area contributed by atoms with Crippen molar-refractivity contribution in [2.24, 2.45) is 0 Å². The van der Waals surface area contributed by atoms with Crippen molar-refractivity contribution in [3.05, 3.63) is 64.9 Å². The minimum atomic E-state index is -0.815. The summed E-state index contributed by atoms with van der Waals surface area (Å²) >= 11 is 5.93. The van der Waals surface area contributed by atoms with Crippen LogP contribution in [0.4, 0.5) is 4.39 Å². The molecule has 1 N–H and O–H groups in total. The summed E-state index contributed by atoms with van der Waals surface area (Å²) in [5.74, 6) is -0.775. The van der Waals surface area contributed by atoms with Gasteiger partial charge in [0.2, 0.25) is 5.91 Å². The molecule has 0 radical (unpaired) electrons. The zero-order valence-electron chi connectivity index (χ0n) is 17.0. The van der Waals surface area contributed by atoms with Gasteiger partial charge in [0.1, 0.15) is 17.6 Å². The second-order valence-corrected chi connectivity index (χ2v) is 8.21. The molecule has 2 rings (SSSR count). The second-order valence-electron chi connectivity index (χ2n) is 7.77. The number of amides is 2. The molecular weight excluding hydrogens is 395 g/mol. The highest BCUT2D eigenvalue weighted by Crippen LogP contribution is 2.18.